The minimum atomic E-state index is -0.388. The van der Waals surface area contributed by atoms with Crippen LogP contribution in [0, 0.1) is 10.1 Å². The zero-order valence-electron chi connectivity index (χ0n) is 14.3. The van der Waals surface area contributed by atoms with Gasteiger partial charge in [0, 0.05) is 24.1 Å². The number of aromatic nitrogens is 2. The molecule has 7 heteroatoms. The van der Waals surface area contributed by atoms with E-state index in [1.807, 2.05) is 38.2 Å². The molecule has 130 valence electrons. The predicted octanol–water partition coefficient (Wildman–Crippen LogP) is 3.43. The molecule has 0 aliphatic heterocycles. The number of nitrogens with zero attached hydrogens (tertiary/aromatic N) is 4. The lowest BCUT2D eigenvalue weighted by Crippen LogP contribution is -2.22. The Morgan fingerprint density at radius 3 is 2.68 bits per heavy atom. The van der Waals surface area contributed by atoms with E-state index in [2.05, 4.69) is 10.00 Å². The molecule has 0 N–H and O–H groups in total. The molecule has 7 nitrogen and oxygen atoms in total. The summed E-state index contributed by atoms with van der Waals surface area (Å²) in [6.45, 7) is 3.89. The lowest BCUT2D eigenvalue weighted by atomic mass is 10.2. The van der Waals surface area contributed by atoms with Crippen LogP contribution in [-0.4, -0.2) is 33.3 Å². The fourth-order valence-electron chi connectivity index (χ4n) is 2.73. The van der Waals surface area contributed by atoms with Crippen molar-refractivity contribution in [2.24, 2.45) is 0 Å². The second-order valence-corrected chi connectivity index (χ2v) is 5.88. The second kappa shape index (κ2) is 7.31. The van der Waals surface area contributed by atoms with Gasteiger partial charge >= 0.3 is 0 Å². The fourth-order valence-corrected chi connectivity index (χ4v) is 2.73. The zero-order valence-corrected chi connectivity index (χ0v) is 14.3. The molecular weight excluding hydrogens is 320 g/mol. The van der Waals surface area contributed by atoms with Crippen molar-refractivity contribution in [1.82, 2.24) is 14.7 Å². The molecule has 0 atom stereocenters. The van der Waals surface area contributed by atoms with Crippen LogP contribution in [0.15, 0.2) is 48.7 Å². The van der Waals surface area contributed by atoms with Gasteiger partial charge in [-0.2, -0.15) is 5.10 Å². The lowest BCUT2D eigenvalue weighted by molar-refractivity contribution is -0.384. The number of hydrogen-bond acceptors (Lipinski definition) is 5. The molecule has 0 radical (unpaired) electrons. The quantitative estimate of drug-likeness (QED) is 0.487. The molecule has 0 fully saturated rings. The van der Waals surface area contributed by atoms with Crippen LogP contribution in [0.2, 0.25) is 0 Å². The van der Waals surface area contributed by atoms with Crippen molar-refractivity contribution in [3.63, 3.8) is 0 Å². The molecule has 0 unspecified atom stereocenters. The molecule has 0 spiro atoms. The van der Waals surface area contributed by atoms with Crippen LogP contribution in [-0.2, 0) is 13.2 Å². The highest BCUT2D eigenvalue weighted by atomic mass is 16.6. The van der Waals surface area contributed by atoms with E-state index >= 15 is 0 Å². The molecule has 0 bridgehead atoms. The van der Waals surface area contributed by atoms with Gasteiger partial charge < -0.3 is 4.74 Å². The minimum Gasteiger partial charge on any atom is -0.494 e. The number of nitro groups is 1. The third kappa shape index (κ3) is 3.95. The molecule has 0 aliphatic rings. The maximum atomic E-state index is 11.0. The maximum Gasteiger partial charge on any atom is 0.271 e. The Morgan fingerprint density at radius 1 is 1.24 bits per heavy atom. The number of ether oxygens (including phenoxy) is 1. The highest BCUT2D eigenvalue weighted by molar-refractivity contribution is 5.80. The first kappa shape index (κ1) is 16.9. The van der Waals surface area contributed by atoms with Crippen LogP contribution in [0.25, 0.3) is 10.9 Å². The van der Waals surface area contributed by atoms with E-state index in [0.717, 1.165) is 28.8 Å². The molecule has 1 aromatic heterocycles. The van der Waals surface area contributed by atoms with Gasteiger partial charge in [-0.25, -0.2) is 0 Å². The number of hydrogen-bond donors (Lipinski definition) is 0. The highest BCUT2D eigenvalue weighted by Crippen LogP contribution is 2.21. The largest absolute Gasteiger partial charge is 0.494 e. The molecule has 3 rings (SSSR count). The summed E-state index contributed by atoms with van der Waals surface area (Å²) in [5.74, 6) is 0.860. The monoisotopic (exact) mass is 340 g/mol. The van der Waals surface area contributed by atoms with Crippen molar-refractivity contribution in [3.05, 3.63) is 64.3 Å². The average Bonchev–Trinajstić information content (AvgIpc) is 2.99. The fraction of sp³-hybridized carbons (Fsp3) is 0.278. The molecule has 0 aliphatic carbocycles. The Hall–Kier alpha value is -2.93. The molecule has 0 amide bonds. The van der Waals surface area contributed by atoms with Crippen LogP contribution < -0.4 is 4.74 Å². The molecule has 25 heavy (non-hydrogen) atoms. The topological polar surface area (TPSA) is 73.4 Å². The van der Waals surface area contributed by atoms with Gasteiger partial charge in [-0.05, 0) is 37.7 Å². The number of rotatable bonds is 7. The van der Waals surface area contributed by atoms with Crippen LogP contribution in [0.5, 0.6) is 5.75 Å². The van der Waals surface area contributed by atoms with Gasteiger partial charge in [0.05, 0.1) is 29.9 Å². The van der Waals surface area contributed by atoms with Gasteiger partial charge in [0.1, 0.15) is 5.75 Å². The smallest absolute Gasteiger partial charge is 0.271 e. The SMILES string of the molecule is CCOc1ccc(CN(C)Cn2ncc3ccc([N+](=O)[O-])cc32)cc1. The summed E-state index contributed by atoms with van der Waals surface area (Å²) >= 11 is 0. The van der Waals surface area contributed by atoms with Crippen molar-refractivity contribution in [2.75, 3.05) is 13.7 Å². The summed E-state index contributed by atoms with van der Waals surface area (Å²) in [6, 6.07) is 12.8. The first-order valence-corrected chi connectivity index (χ1v) is 8.07. The summed E-state index contributed by atoms with van der Waals surface area (Å²) in [4.78, 5) is 12.7. The first-order chi connectivity index (χ1) is 12.1. The Bertz CT molecular complexity index is 874. The van der Waals surface area contributed by atoms with E-state index in [4.69, 9.17) is 4.74 Å². The number of nitro benzene ring substituents is 1. The highest BCUT2D eigenvalue weighted by Gasteiger charge is 2.11. The number of benzene rings is 2. The number of fused-ring (bicyclic) bond motifs is 1. The summed E-state index contributed by atoms with van der Waals surface area (Å²) in [5, 5.41) is 16.2. The van der Waals surface area contributed by atoms with Crippen molar-refractivity contribution in [1.29, 1.82) is 0 Å². The van der Waals surface area contributed by atoms with Crippen LogP contribution >= 0.6 is 0 Å². The van der Waals surface area contributed by atoms with E-state index in [0.29, 0.717) is 13.3 Å². The van der Waals surface area contributed by atoms with E-state index in [1.54, 1.807) is 23.0 Å². The average molecular weight is 340 g/mol. The first-order valence-electron chi connectivity index (χ1n) is 8.07. The van der Waals surface area contributed by atoms with E-state index in [9.17, 15) is 10.1 Å². The van der Waals surface area contributed by atoms with E-state index in [1.165, 1.54) is 6.07 Å². The minimum absolute atomic E-state index is 0.0726. The zero-order chi connectivity index (χ0) is 17.8. The second-order valence-electron chi connectivity index (χ2n) is 5.88. The third-order valence-electron chi connectivity index (χ3n) is 3.90. The Balaban J connectivity index is 1.72. The van der Waals surface area contributed by atoms with Crippen molar-refractivity contribution < 1.29 is 9.66 Å². The molecule has 2 aromatic carbocycles. The van der Waals surface area contributed by atoms with Gasteiger partial charge in [-0.15, -0.1) is 0 Å². The standard InChI is InChI=1S/C18H20N4O3/c1-3-25-17-8-4-14(5-9-17)12-20(2)13-21-18-10-16(22(23)24)7-6-15(18)11-19-21/h4-11H,3,12-13H2,1-2H3. The maximum absolute atomic E-state index is 11.0. The van der Waals surface area contributed by atoms with Crippen LogP contribution in [0.1, 0.15) is 12.5 Å². The van der Waals surface area contributed by atoms with Gasteiger partial charge in [-0.1, -0.05) is 12.1 Å². The normalized spacial score (nSPS) is 11.2. The van der Waals surface area contributed by atoms with Gasteiger partial charge in [0.25, 0.3) is 5.69 Å². The van der Waals surface area contributed by atoms with E-state index < -0.39 is 0 Å². The van der Waals surface area contributed by atoms with Crippen molar-refractivity contribution >= 4 is 16.6 Å². The Morgan fingerprint density at radius 2 is 2.00 bits per heavy atom. The lowest BCUT2D eigenvalue weighted by Gasteiger charge is -2.17. The van der Waals surface area contributed by atoms with Crippen molar-refractivity contribution in [2.45, 2.75) is 20.1 Å². The van der Waals surface area contributed by atoms with Gasteiger partial charge in [-0.3, -0.25) is 19.7 Å². The molecule has 0 saturated heterocycles. The third-order valence-corrected chi connectivity index (χ3v) is 3.90. The van der Waals surface area contributed by atoms with Crippen LogP contribution in [0.3, 0.4) is 0 Å². The number of non-ortho nitro benzene ring substituents is 1. The van der Waals surface area contributed by atoms with Gasteiger partial charge in [0.2, 0.25) is 0 Å². The van der Waals surface area contributed by atoms with Crippen LogP contribution in [0.4, 0.5) is 5.69 Å². The summed E-state index contributed by atoms with van der Waals surface area (Å²) in [7, 11) is 1.99. The summed E-state index contributed by atoms with van der Waals surface area (Å²) in [6.07, 6.45) is 1.73. The molecular formula is C18H20N4O3. The molecule has 0 saturated carbocycles. The molecule has 3 aromatic rings. The Kier molecular flexibility index (Phi) is 4.95. The Labute approximate surface area is 145 Å². The van der Waals surface area contributed by atoms with Crippen molar-refractivity contribution in [3.8, 4) is 5.75 Å². The van der Waals surface area contributed by atoms with Gasteiger partial charge in [0.15, 0.2) is 0 Å². The molecule has 1 heterocycles. The van der Waals surface area contributed by atoms with E-state index in [-0.39, 0.29) is 10.6 Å². The summed E-state index contributed by atoms with van der Waals surface area (Å²) in [5.41, 5.74) is 1.99. The predicted molar refractivity (Wildman–Crippen MR) is 95.5 cm³/mol. The summed E-state index contributed by atoms with van der Waals surface area (Å²) < 4.78 is 7.22.